The third-order valence-electron chi connectivity index (χ3n) is 13.8. The SMILES string of the molecule is COc1cc2nn(C3CCC(CN4CCN(CC5CCN(c6ccc7c(c6)C(=O)N(C6CCC(=O)NC6=O)C7)CC5)CC4)CC3)cc2cc1C(=O)Nc1cnc2cccnn12. The maximum atomic E-state index is 13.4. The van der Waals surface area contributed by atoms with E-state index in [1.54, 1.807) is 35.0 Å². The minimum absolute atomic E-state index is 0.114. The maximum absolute atomic E-state index is 13.4. The summed E-state index contributed by atoms with van der Waals surface area (Å²) in [5.74, 6) is 1.27. The van der Waals surface area contributed by atoms with E-state index in [2.05, 4.69) is 52.4 Å². The minimum atomic E-state index is -0.587. The summed E-state index contributed by atoms with van der Waals surface area (Å²) in [7, 11) is 1.57. The first-order chi connectivity index (χ1) is 29.8. The zero-order chi connectivity index (χ0) is 41.6. The Kier molecular flexibility index (Phi) is 10.6. The van der Waals surface area contributed by atoms with Crippen LogP contribution in [0.25, 0.3) is 16.6 Å². The van der Waals surface area contributed by atoms with E-state index in [0.29, 0.717) is 59.2 Å². The van der Waals surface area contributed by atoms with Crippen LogP contribution >= 0.6 is 0 Å². The van der Waals surface area contributed by atoms with Crippen LogP contribution in [0.3, 0.4) is 0 Å². The van der Waals surface area contributed by atoms with Crippen LogP contribution in [-0.4, -0.2) is 128 Å². The van der Waals surface area contributed by atoms with Gasteiger partial charge < -0.3 is 29.7 Å². The van der Waals surface area contributed by atoms with Gasteiger partial charge in [-0.15, -0.1) is 0 Å². The highest BCUT2D eigenvalue weighted by atomic mass is 16.5. The van der Waals surface area contributed by atoms with Gasteiger partial charge in [0, 0.05) is 100 Å². The number of imide groups is 1. The number of carbonyl (C=O) groups excluding carboxylic acids is 4. The van der Waals surface area contributed by atoms with Gasteiger partial charge in [-0.2, -0.15) is 14.7 Å². The molecule has 0 spiro atoms. The zero-order valence-corrected chi connectivity index (χ0v) is 34.7. The molecule has 1 saturated carbocycles. The number of hydrogen-bond donors (Lipinski definition) is 2. The summed E-state index contributed by atoms with van der Waals surface area (Å²) in [6.07, 6.45) is 12.8. The molecule has 10 rings (SSSR count). The number of benzene rings is 2. The summed E-state index contributed by atoms with van der Waals surface area (Å²) in [5.41, 5.74) is 4.60. The van der Waals surface area contributed by atoms with Crippen molar-refractivity contribution < 1.29 is 23.9 Å². The summed E-state index contributed by atoms with van der Waals surface area (Å²) in [5, 5.41) is 15.5. The Morgan fingerprint density at radius 3 is 2.38 bits per heavy atom. The molecule has 0 radical (unpaired) electrons. The fourth-order valence-electron chi connectivity index (χ4n) is 10.3. The van der Waals surface area contributed by atoms with Crippen LogP contribution in [-0.2, 0) is 16.1 Å². The Morgan fingerprint density at radius 2 is 1.64 bits per heavy atom. The number of aromatic nitrogens is 5. The van der Waals surface area contributed by atoms with Crippen LogP contribution in [0.4, 0.5) is 11.5 Å². The van der Waals surface area contributed by atoms with Crippen molar-refractivity contribution in [2.45, 2.75) is 70.0 Å². The quantitative estimate of drug-likeness (QED) is 0.193. The molecule has 318 valence electrons. The smallest absolute Gasteiger partial charge is 0.260 e. The van der Waals surface area contributed by atoms with Gasteiger partial charge in [0.1, 0.15) is 11.8 Å². The van der Waals surface area contributed by atoms with Crippen LogP contribution in [0, 0.1) is 11.8 Å². The normalized spacial score (nSPS) is 23.2. The summed E-state index contributed by atoms with van der Waals surface area (Å²) >= 11 is 0. The first-order valence-electron chi connectivity index (χ1n) is 21.9. The molecular formula is C45H53N11O5. The number of anilines is 2. The van der Waals surface area contributed by atoms with E-state index >= 15 is 0 Å². The van der Waals surface area contributed by atoms with Crippen molar-refractivity contribution in [2.75, 3.05) is 69.7 Å². The number of methoxy groups -OCH3 is 1. The molecule has 4 fully saturated rings. The molecule has 16 heteroatoms. The van der Waals surface area contributed by atoms with Gasteiger partial charge in [0.05, 0.1) is 30.4 Å². The molecule has 2 N–H and O–H groups in total. The van der Waals surface area contributed by atoms with Crippen molar-refractivity contribution >= 4 is 51.7 Å². The second kappa shape index (κ2) is 16.5. The van der Waals surface area contributed by atoms with Gasteiger partial charge in [-0.1, -0.05) is 6.07 Å². The zero-order valence-electron chi connectivity index (χ0n) is 34.7. The molecule has 3 saturated heterocycles. The number of fused-ring (bicyclic) bond motifs is 3. The Balaban J connectivity index is 0.664. The summed E-state index contributed by atoms with van der Waals surface area (Å²) in [4.78, 5) is 64.6. The van der Waals surface area contributed by atoms with Crippen LogP contribution in [0.5, 0.6) is 5.75 Å². The average Bonchev–Trinajstić information content (AvgIpc) is 3.99. The van der Waals surface area contributed by atoms with E-state index in [-0.39, 0.29) is 30.0 Å². The molecule has 5 aromatic rings. The molecule has 2 aromatic carbocycles. The van der Waals surface area contributed by atoms with Crippen LogP contribution in [0.2, 0.25) is 0 Å². The number of nitrogens with one attached hydrogen (secondary N) is 2. The van der Waals surface area contributed by atoms with Crippen LogP contribution in [0.15, 0.2) is 61.1 Å². The third kappa shape index (κ3) is 7.94. The Bertz CT molecular complexity index is 2470. The molecule has 1 unspecified atom stereocenters. The molecule has 61 heavy (non-hydrogen) atoms. The Hall–Kier alpha value is -5.87. The summed E-state index contributed by atoms with van der Waals surface area (Å²) in [6.45, 7) is 9.13. The Labute approximate surface area is 354 Å². The Morgan fingerprint density at radius 1 is 0.885 bits per heavy atom. The molecule has 3 aromatic heterocycles. The standard InChI is InChI=1S/C45H53N11O5/c1-61-39-23-37-32(21-36(39)43(58)48-41-24-46-40-3-2-14-47-56(40)41)28-55(50-37)33-7-4-29(5-8-33)25-51-17-19-52(20-18-51)26-30-12-15-53(16-13-30)34-9-6-31-27-54(45(60)35(31)22-34)38-10-11-42(57)49-44(38)59/h2-3,6,9,14,21-24,28-30,33,38H,4-5,7-8,10-13,15-20,25-27H2,1H3,(H,48,58)(H,49,57,59). The van der Waals surface area contributed by atoms with Gasteiger partial charge >= 0.3 is 0 Å². The van der Waals surface area contributed by atoms with E-state index in [0.717, 1.165) is 100 Å². The van der Waals surface area contributed by atoms with E-state index in [4.69, 9.17) is 9.84 Å². The number of piperidine rings is 2. The number of nitrogens with zero attached hydrogens (tertiary/aromatic N) is 9. The highest BCUT2D eigenvalue weighted by molar-refractivity contribution is 6.08. The number of hydrogen-bond acceptors (Lipinski definition) is 11. The number of carbonyl (C=O) groups is 4. The molecule has 5 aliphatic rings. The van der Waals surface area contributed by atoms with E-state index in [1.165, 1.54) is 12.8 Å². The highest BCUT2D eigenvalue weighted by Crippen LogP contribution is 2.36. The van der Waals surface area contributed by atoms with Crippen molar-refractivity contribution in [3.63, 3.8) is 0 Å². The molecule has 1 atom stereocenters. The van der Waals surface area contributed by atoms with Crippen LogP contribution in [0.1, 0.15) is 83.7 Å². The first-order valence-corrected chi connectivity index (χ1v) is 21.9. The van der Waals surface area contributed by atoms with Crippen molar-refractivity contribution in [1.29, 1.82) is 0 Å². The van der Waals surface area contributed by atoms with Gasteiger partial charge in [0.2, 0.25) is 11.8 Å². The topological polar surface area (TPSA) is 163 Å². The number of rotatable bonds is 10. The van der Waals surface area contributed by atoms with E-state index < -0.39 is 6.04 Å². The lowest BCUT2D eigenvalue weighted by atomic mass is 9.85. The van der Waals surface area contributed by atoms with Crippen LogP contribution < -0.4 is 20.3 Å². The van der Waals surface area contributed by atoms with Crippen molar-refractivity contribution in [2.24, 2.45) is 11.8 Å². The maximum Gasteiger partial charge on any atom is 0.260 e. The molecule has 1 aliphatic carbocycles. The predicted octanol–water partition coefficient (Wildman–Crippen LogP) is 4.37. The fraction of sp³-hybridized carbons (Fsp3) is 0.489. The molecule has 16 nitrogen and oxygen atoms in total. The van der Waals surface area contributed by atoms with Crippen molar-refractivity contribution in [3.8, 4) is 5.75 Å². The minimum Gasteiger partial charge on any atom is -0.496 e. The second-order valence-electron chi connectivity index (χ2n) is 17.6. The molecule has 4 amide bonds. The average molecular weight is 828 g/mol. The van der Waals surface area contributed by atoms with Gasteiger partial charge in [-0.05, 0) is 92.7 Å². The molecule has 7 heterocycles. The van der Waals surface area contributed by atoms with E-state index in [1.807, 2.05) is 30.3 Å². The van der Waals surface area contributed by atoms with Gasteiger partial charge in [-0.25, -0.2) is 4.98 Å². The van der Waals surface area contributed by atoms with E-state index in [9.17, 15) is 19.2 Å². The lowest BCUT2D eigenvalue weighted by Crippen LogP contribution is -2.52. The summed E-state index contributed by atoms with van der Waals surface area (Å²) < 4.78 is 9.34. The van der Waals surface area contributed by atoms with Crippen molar-refractivity contribution in [1.82, 2.24) is 44.4 Å². The van der Waals surface area contributed by atoms with Gasteiger partial charge in [0.15, 0.2) is 11.5 Å². The second-order valence-corrected chi connectivity index (χ2v) is 17.6. The summed E-state index contributed by atoms with van der Waals surface area (Å²) in [6, 6.07) is 13.3. The highest BCUT2D eigenvalue weighted by Gasteiger charge is 2.39. The number of amides is 4. The molecule has 4 aliphatic heterocycles. The van der Waals surface area contributed by atoms with Gasteiger partial charge in [0.25, 0.3) is 11.8 Å². The number of ether oxygens (including phenoxy) is 1. The lowest BCUT2D eigenvalue weighted by Gasteiger charge is -2.40. The van der Waals surface area contributed by atoms with Crippen molar-refractivity contribution in [3.05, 3.63) is 77.7 Å². The number of imidazole rings is 1. The lowest BCUT2D eigenvalue weighted by molar-refractivity contribution is -0.136. The fourth-order valence-corrected chi connectivity index (χ4v) is 10.3. The largest absolute Gasteiger partial charge is 0.496 e. The van der Waals surface area contributed by atoms with Gasteiger partial charge in [-0.3, -0.25) is 29.2 Å². The monoisotopic (exact) mass is 827 g/mol. The molecule has 0 bridgehead atoms. The third-order valence-corrected chi connectivity index (χ3v) is 13.8. The first kappa shape index (κ1) is 39.3. The predicted molar refractivity (Wildman–Crippen MR) is 229 cm³/mol. The molecular weight excluding hydrogens is 775 g/mol. The number of piperazine rings is 1.